The van der Waals surface area contributed by atoms with Crippen LogP contribution in [0.25, 0.3) is 0 Å². The molecule has 0 bridgehead atoms. The highest BCUT2D eigenvalue weighted by molar-refractivity contribution is 6.33. The van der Waals surface area contributed by atoms with Crippen LogP contribution in [0.15, 0.2) is 18.5 Å². The van der Waals surface area contributed by atoms with Gasteiger partial charge in [0.2, 0.25) is 0 Å². The van der Waals surface area contributed by atoms with Crippen LogP contribution in [0, 0.1) is 17.2 Å². The van der Waals surface area contributed by atoms with Crippen LogP contribution in [-0.4, -0.2) is 27.2 Å². The number of anilines is 1. The van der Waals surface area contributed by atoms with Gasteiger partial charge in [-0.15, -0.1) is 0 Å². The van der Waals surface area contributed by atoms with Crippen LogP contribution in [0.4, 0.5) is 5.82 Å². The summed E-state index contributed by atoms with van der Waals surface area (Å²) < 4.78 is 1.84. The molecular weight excluding hydrogens is 316 g/mol. The lowest BCUT2D eigenvalue weighted by atomic mass is 9.94. The Labute approximate surface area is 138 Å². The summed E-state index contributed by atoms with van der Waals surface area (Å²) in [4.78, 5) is 15.6. The molecule has 0 saturated carbocycles. The predicted molar refractivity (Wildman–Crippen MR) is 85.0 cm³/mol. The molecule has 1 amide bonds. The fourth-order valence-corrected chi connectivity index (χ4v) is 2.98. The van der Waals surface area contributed by atoms with E-state index in [-0.39, 0.29) is 0 Å². The van der Waals surface area contributed by atoms with Gasteiger partial charge in [-0.05, 0) is 24.8 Å². The molecule has 3 N–H and O–H groups in total. The summed E-state index contributed by atoms with van der Waals surface area (Å²) in [5, 5.41) is 16.6. The van der Waals surface area contributed by atoms with Crippen LogP contribution in [-0.2, 0) is 13.0 Å². The zero-order valence-corrected chi connectivity index (χ0v) is 13.0. The Balaban J connectivity index is 1.67. The lowest BCUT2D eigenvalue weighted by molar-refractivity contribution is 0.0998. The molecule has 0 aromatic carbocycles. The zero-order chi connectivity index (χ0) is 16.4. The number of amides is 1. The van der Waals surface area contributed by atoms with E-state index in [4.69, 9.17) is 22.6 Å². The first-order valence-corrected chi connectivity index (χ1v) is 7.60. The number of rotatable bonds is 4. The van der Waals surface area contributed by atoms with E-state index in [1.54, 1.807) is 6.07 Å². The third-order valence-electron chi connectivity index (χ3n) is 3.97. The number of hydrogen-bond acceptors (Lipinski definition) is 5. The number of nitriles is 1. The number of pyridine rings is 1. The normalized spacial score (nSPS) is 16.4. The summed E-state index contributed by atoms with van der Waals surface area (Å²) in [6.45, 7) is 1.42. The van der Waals surface area contributed by atoms with Crippen LogP contribution in [0.2, 0.25) is 5.02 Å². The fraction of sp³-hybridized carbons (Fsp3) is 0.333. The second-order valence-electron chi connectivity index (χ2n) is 5.50. The molecule has 8 heteroatoms. The van der Waals surface area contributed by atoms with Crippen molar-refractivity contribution in [3.8, 4) is 6.07 Å². The van der Waals surface area contributed by atoms with Crippen molar-refractivity contribution in [2.24, 2.45) is 11.7 Å². The van der Waals surface area contributed by atoms with Gasteiger partial charge in [-0.2, -0.15) is 10.4 Å². The van der Waals surface area contributed by atoms with Gasteiger partial charge in [0.15, 0.2) is 0 Å². The van der Waals surface area contributed by atoms with Crippen molar-refractivity contribution in [1.82, 2.24) is 14.8 Å². The van der Waals surface area contributed by atoms with E-state index < -0.39 is 5.91 Å². The summed E-state index contributed by atoms with van der Waals surface area (Å²) in [5.74, 6) is 0.433. The van der Waals surface area contributed by atoms with Gasteiger partial charge in [0.1, 0.15) is 11.9 Å². The van der Waals surface area contributed by atoms with E-state index in [0.29, 0.717) is 34.4 Å². The largest absolute Gasteiger partial charge is 0.369 e. The van der Waals surface area contributed by atoms with Gasteiger partial charge < -0.3 is 11.1 Å². The summed E-state index contributed by atoms with van der Waals surface area (Å²) in [7, 11) is 0. The highest BCUT2D eigenvalue weighted by atomic mass is 35.5. The SMILES string of the molecule is N#Cc1cnc(NCC2CCn3ncc(C(N)=O)c3C2)c(Cl)c1. The van der Waals surface area contributed by atoms with E-state index in [2.05, 4.69) is 15.4 Å². The second kappa shape index (κ2) is 6.26. The van der Waals surface area contributed by atoms with Gasteiger partial charge >= 0.3 is 0 Å². The lowest BCUT2D eigenvalue weighted by Gasteiger charge is -2.24. The first kappa shape index (κ1) is 15.3. The van der Waals surface area contributed by atoms with Gasteiger partial charge in [-0.25, -0.2) is 4.98 Å². The molecule has 1 atom stereocenters. The summed E-state index contributed by atoms with van der Waals surface area (Å²) in [5.41, 5.74) is 7.18. The first-order valence-electron chi connectivity index (χ1n) is 7.22. The number of hydrogen-bond donors (Lipinski definition) is 2. The molecule has 0 saturated heterocycles. The molecule has 2 aromatic rings. The van der Waals surface area contributed by atoms with E-state index in [1.165, 1.54) is 12.4 Å². The molecule has 0 fully saturated rings. The molecular formula is C15H15ClN6O. The van der Waals surface area contributed by atoms with Crippen molar-refractivity contribution in [2.45, 2.75) is 19.4 Å². The number of carbonyl (C=O) groups is 1. The molecule has 1 unspecified atom stereocenters. The van der Waals surface area contributed by atoms with Gasteiger partial charge in [0.05, 0.1) is 28.0 Å². The van der Waals surface area contributed by atoms with Crippen molar-refractivity contribution in [1.29, 1.82) is 5.26 Å². The standard InChI is InChI=1S/C15H15ClN6O/c16-12-3-10(5-17)7-20-15(12)19-6-9-1-2-22-13(4-9)11(8-21-22)14(18)23/h3,7-9H,1-2,4,6H2,(H2,18,23)(H,19,20). The summed E-state index contributed by atoms with van der Waals surface area (Å²) in [6.07, 6.45) is 4.68. The number of aryl methyl sites for hydroxylation is 1. The molecule has 7 nitrogen and oxygen atoms in total. The van der Waals surface area contributed by atoms with Crippen molar-refractivity contribution in [2.75, 3.05) is 11.9 Å². The van der Waals surface area contributed by atoms with E-state index >= 15 is 0 Å². The highest BCUT2D eigenvalue weighted by Crippen LogP contribution is 2.25. The Hall–Kier alpha value is -2.59. The van der Waals surface area contributed by atoms with Crippen molar-refractivity contribution < 1.29 is 4.79 Å². The monoisotopic (exact) mass is 330 g/mol. The molecule has 3 heterocycles. The Morgan fingerprint density at radius 3 is 3.09 bits per heavy atom. The minimum absolute atomic E-state index is 0.325. The van der Waals surface area contributed by atoms with Crippen LogP contribution in [0.5, 0.6) is 0 Å². The summed E-state index contributed by atoms with van der Waals surface area (Å²) >= 11 is 6.10. The molecule has 1 aliphatic heterocycles. The van der Waals surface area contributed by atoms with Crippen LogP contribution in [0.1, 0.15) is 28.0 Å². The molecule has 0 radical (unpaired) electrons. The molecule has 3 rings (SSSR count). The van der Waals surface area contributed by atoms with Crippen LogP contribution in [0.3, 0.4) is 0 Å². The topological polar surface area (TPSA) is 110 Å². The van der Waals surface area contributed by atoms with E-state index in [9.17, 15) is 4.79 Å². The van der Waals surface area contributed by atoms with Crippen molar-refractivity contribution in [3.63, 3.8) is 0 Å². The molecule has 23 heavy (non-hydrogen) atoms. The molecule has 0 aliphatic carbocycles. The maximum absolute atomic E-state index is 11.4. The minimum atomic E-state index is -0.448. The van der Waals surface area contributed by atoms with Gasteiger partial charge in [-0.1, -0.05) is 11.6 Å². The quantitative estimate of drug-likeness (QED) is 0.884. The third-order valence-corrected chi connectivity index (χ3v) is 4.26. The zero-order valence-electron chi connectivity index (χ0n) is 12.3. The lowest BCUT2D eigenvalue weighted by Crippen LogP contribution is -2.27. The number of aromatic nitrogens is 3. The van der Waals surface area contributed by atoms with E-state index in [0.717, 1.165) is 25.1 Å². The Morgan fingerprint density at radius 2 is 2.39 bits per heavy atom. The molecule has 1 aliphatic rings. The number of nitrogens with two attached hydrogens (primary N) is 1. The highest BCUT2D eigenvalue weighted by Gasteiger charge is 2.24. The number of fused-ring (bicyclic) bond motifs is 1. The molecule has 118 valence electrons. The molecule has 2 aromatic heterocycles. The van der Waals surface area contributed by atoms with Gasteiger partial charge in [-0.3, -0.25) is 9.48 Å². The third kappa shape index (κ3) is 3.12. The summed E-state index contributed by atoms with van der Waals surface area (Å²) in [6, 6.07) is 3.58. The number of primary amides is 1. The average molecular weight is 331 g/mol. The van der Waals surface area contributed by atoms with Crippen molar-refractivity contribution >= 4 is 23.3 Å². The van der Waals surface area contributed by atoms with Crippen molar-refractivity contribution in [3.05, 3.63) is 40.3 Å². The Kier molecular flexibility index (Phi) is 4.17. The smallest absolute Gasteiger partial charge is 0.252 e. The van der Waals surface area contributed by atoms with Gasteiger partial charge in [0.25, 0.3) is 5.91 Å². The van der Waals surface area contributed by atoms with Crippen LogP contribution >= 0.6 is 11.6 Å². The maximum atomic E-state index is 11.4. The van der Waals surface area contributed by atoms with Gasteiger partial charge in [0, 0.05) is 19.3 Å². The molecule has 0 spiro atoms. The Bertz CT molecular complexity index is 794. The fourth-order valence-electron chi connectivity index (χ4n) is 2.75. The number of nitrogens with zero attached hydrogens (tertiary/aromatic N) is 4. The Morgan fingerprint density at radius 1 is 1.57 bits per heavy atom. The second-order valence-corrected chi connectivity index (χ2v) is 5.91. The number of carbonyl (C=O) groups excluding carboxylic acids is 1. The number of nitrogens with one attached hydrogen (secondary N) is 1. The number of halogens is 1. The maximum Gasteiger partial charge on any atom is 0.252 e. The first-order chi connectivity index (χ1) is 11.1. The van der Waals surface area contributed by atoms with Crippen LogP contribution < -0.4 is 11.1 Å². The average Bonchev–Trinajstić information content (AvgIpc) is 2.97. The van der Waals surface area contributed by atoms with E-state index in [1.807, 2.05) is 10.8 Å². The minimum Gasteiger partial charge on any atom is -0.369 e. The predicted octanol–water partition coefficient (Wildman–Crippen LogP) is 1.58.